The summed E-state index contributed by atoms with van der Waals surface area (Å²) in [6, 6.07) is 8.08. The van der Waals surface area contributed by atoms with Crippen LogP contribution >= 0.6 is 31.9 Å². The minimum atomic E-state index is -0.490. The van der Waals surface area contributed by atoms with E-state index in [0.29, 0.717) is 14.8 Å². The molecule has 0 fully saturated rings. The summed E-state index contributed by atoms with van der Waals surface area (Å²) in [5.41, 5.74) is 0.714. The fourth-order valence-electron chi connectivity index (χ4n) is 1.43. The van der Waals surface area contributed by atoms with E-state index in [1.54, 1.807) is 18.2 Å². The minimum Gasteiger partial charge on any atom is -0.447 e. The lowest BCUT2D eigenvalue weighted by molar-refractivity contribution is -0.385. The normalized spacial score (nSPS) is 10.3. The van der Waals surface area contributed by atoms with E-state index in [9.17, 15) is 10.1 Å². The number of aryl methyl sites for hydroxylation is 1. The summed E-state index contributed by atoms with van der Waals surface area (Å²) in [4.78, 5) is 14.7. The van der Waals surface area contributed by atoms with Gasteiger partial charge in [-0.3, -0.25) is 10.1 Å². The average molecular weight is 388 g/mol. The quantitative estimate of drug-likeness (QED) is 0.438. The van der Waals surface area contributed by atoms with Gasteiger partial charge in [0.05, 0.1) is 4.92 Å². The molecule has 0 saturated carbocycles. The van der Waals surface area contributed by atoms with Crippen LogP contribution in [0.2, 0.25) is 0 Å². The van der Waals surface area contributed by atoms with Crippen LogP contribution in [-0.4, -0.2) is 9.91 Å². The third kappa shape index (κ3) is 3.30. The molecule has 7 heteroatoms. The summed E-state index contributed by atoms with van der Waals surface area (Å²) in [6.45, 7) is 1.84. The number of hydrogen-bond donors (Lipinski definition) is 0. The molecular weight excluding hydrogens is 380 g/mol. The number of ether oxygens (including phenoxy) is 1. The van der Waals surface area contributed by atoms with Gasteiger partial charge in [-0.15, -0.1) is 0 Å². The predicted molar refractivity (Wildman–Crippen MR) is 77.5 cm³/mol. The van der Waals surface area contributed by atoms with Crippen LogP contribution in [0, 0.1) is 17.0 Å². The van der Waals surface area contributed by atoms with Crippen LogP contribution in [-0.2, 0) is 0 Å². The van der Waals surface area contributed by atoms with Crippen molar-refractivity contribution in [2.45, 2.75) is 6.92 Å². The molecule has 0 unspecified atom stereocenters. The van der Waals surface area contributed by atoms with Crippen LogP contribution in [0.3, 0.4) is 0 Å². The molecule has 1 aromatic carbocycles. The number of rotatable bonds is 3. The molecule has 0 aliphatic heterocycles. The lowest BCUT2D eigenvalue weighted by atomic mass is 10.3. The lowest BCUT2D eigenvalue weighted by Crippen LogP contribution is -1.95. The van der Waals surface area contributed by atoms with E-state index >= 15 is 0 Å². The molecule has 98 valence electrons. The van der Waals surface area contributed by atoms with Crippen molar-refractivity contribution >= 4 is 37.5 Å². The first-order valence-electron chi connectivity index (χ1n) is 5.22. The van der Waals surface area contributed by atoms with Gasteiger partial charge in [0.2, 0.25) is 5.75 Å². The van der Waals surface area contributed by atoms with Crippen molar-refractivity contribution in [1.29, 1.82) is 0 Å². The number of nitrogens with zero attached hydrogens (tertiary/aromatic N) is 2. The van der Waals surface area contributed by atoms with Crippen LogP contribution in [0.1, 0.15) is 5.69 Å². The Morgan fingerprint density at radius 3 is 2.53 bits per heavy atom. The fraction of sp³-hybridized carbons (Fsp3) is 0.0833. The Hall–Kier alpha value is -1.47. The maximum atomic E-state index is 11.0. The Morgan fingerprint density at radius 2 is 1.89 bits per heavy atom. The van der Waals surface area contributed by atoms with Gasteiger partial charge in [0.15, 0.2) is 5.75 Å². The second-order valence-corrected chi connectivity index (χ2v) is 5.38. The number of halogens is 2. The Labute approximate surface area is 126 Å². The van der Waals surface area contributed by atoms with E-state index in [4.69, 9.17) is 4.74 Å². The van der Waals surface area contributed by atoms with E-state index < -0.39 is 4.92 Å². The van der Waals surface area contributed by atoms with Gasteiger partial charge in [0.25, 0.3) is 0 Å². The topological polar surface area (TPSA) is 65.3 Å². The first kappa shape index (κ1) is 14.0. The minimum absolute atomic E-state index is 0.109. The summed E-state index contributed by atoms with van der Waals surface area (Å²) < 4.78 is 6.66. The van der Waals surface area contributed by atoms with Crippen LogP contribution < -0.4 is 4.74 Å². The summed E-state index contributed by atoms with van der Waals surface area (Å²) in [5.74, 6) is 0.593. The van der Waals surface area contributed by atoms with Crippen molar-refractivity contribution < 1.29 is 9.66 Å². The second kappa shape index (κ2) is 5.66. The maximum Gasteiger partial charge on any atom is 0.312 e. The van der Waals surface area contributed by atoms with E-state index in [0.717, 1.165) is 5.69 Å². The molecule has 2 rings (SSSR count). The molecule has 1 aromatic heterocycles. The zero-order chi connectivity index (χ0) is 14.0. The molecule has 0 aliphatic rings. The van der Waals surface area contributed by atoms with Gasteiger partial charge in [0, 0.05) is 16.2 Å². The van der Waals surface area contributed by atoms with Gasteiger partial charge in [-0.1, -0.05) is 15.9 Å². The molecule has 0 radical (unpaired) electrons. The van der Waals surface area contributed by atoms with E-state index in [-0.39, 0.29) is 11.4 Å². The number of benzene rings is 1. The maximum absolute atomic E-state index is 11.0. The van der Waals surface area contributed by atoms with Gasteiger partial charge in [0.1, 0.15) is 4.60 Å². The molecule has 0 saturated heterocycles. The SMILES string of the molecule is Cc1ccc(Oc2ccc(Br)cc2[N+](=O)[O-])c(Br)n1. The van der Waals surface area contributed by atoms with Crippen molar-refractivity contribution in [2.24, 2.45) is 0 Å². The lowest BCUT2D eigenvalue weighted by Gasteiger charge is -2.08. The van der Waals surface area contributed by atoms with E-state index in [2.05, 4.69) is 36.8 Å². The Kier molecular flexibility index (Phi) is 4.16. The van der Waals surface area contributed by atoms with Gasteiger partial charge in [-0.2, -0.15) is 0 Å². The molecule has 19 heavy (non-hydrogen) atoms. The van der Waals surface area contributed by atoms with Gasteiger partial charge >= 0.3 is 5.69 Å². The monoisotopic (exact) mass is 386 g/mol. The summed E-state index contributed by atoms with van der Waals surface area (Å²) in [7, 11) is 0. The van der Waals surface area contributed by atoms with E-state index in [1.807, 2.05) is 6.92 Å². The number of nitro benzene ring substituents is 1. The third-order valence-electron chi connectivity index (χ3n) is 2.29. The molecule has 5 nitrogen and oxygen atoms in total. The standard InChI is InChI=1S/C12H8Br2N2O3/c1-7-2-4-11(12(14)15-7)19-10-5-3-8(13)6-9(10)16(17)18/h2-6H,1H3. The highest BCUT2D eigenvalue weighted by Crippen LogP contribution is 2.35. The molecular formula is C12H8Br2N2O3. The Morgan fingerprint density at radius 1 is 1.21 bits per heavy atom. The van der Waals surface area contributed by atoms with Gasteiger partial charge in [-0.25, -0.2) is 4.98 Å². The summed E-state index contributed by atoms with van der Waals surface area (Å²) in [5, 5.41) is 11.0. The smallest absolute Gasteiger partial charge is 0.312 e. The number of pyridine rings is 1. The molecule has 0 N–H and O–H groups in total. The molecule has 0 amide bonds. The van der Waals surface area contributed by atoms with Crippen molar-refractivity contribution in [3.63, 3.8) is 0 Å². The number of nitro groups is 1. The zero-order valence-corrected chi connectivity index (χ0v) is 12.9. The predicted octanol–water partition coefficient (Wildman–Crippen LogP) is 4.62. The van der Waals surface area contributed by atoms with Crippen molar-refractivity contribution in [3.8, 4) is 11.5 Å². The number of aromatic nitrogens is 1. The van der Waals surface area contributed by atoms with E-state index in [1.165, 1.54) is 12.1 Å². The highest BCUT2D eigenvalue weighted by atomic mass is 79.9. The molecule has 2 aromatic rings. The highest BCUT2D eigenvalue weighted by molar-refractivity contribution is 9.10. The van der Waals surface area contributed by atoms with Crippen molar-refractivity contribution in [2.75, 3.05) is 0 Å². The van der Waals surface area contributed by atoms with Crippen molar-refractivity contribution in [3.05, 3.63) is 55.2 Å². The zero-order valence-electron chi connectivity index (χ0n) is 9.76. The Balaban J connectivity index is 2.40. The van der Waals surface area contributed by atoms with Crippen molar-refractivity contribution in [1.82, 2.24) is 4.98 Å². The van der Waals surface area contributed by atoms with Crippen LogP contribution in [0.4, 0.5) is 5.69 Å². The second-order valence-electron chi connectivity index (χ2n) is 3.71. The summed E-state index contributed by atoms with van der Waals surface area (Å²) >= 11 is 6.46. The highest BCUT2D eigenvalue weighted by Gasteiger charge is 2.17. The van der Waals surface area contributed by atoms with Crippen LogP contribution in [0.5, 0.6) is 11.5 Å². The molecule has 1 heterocycles. The summed E-state index contributed by atoms with van der Waals surface area (Å²) in [6.07, 6.45) is 0. The third-order valence-corrected chi connectivity index (χ3v) is 3.35. The Bertz CT molecular complexity index is 647. The largest absolute Gasteiger partial charge is 0.447 e. The van der Waals surface area contributed by atoms with Gasteiger partial charge < -0.3 is 4.74 Å². The number of hydrogen-bond acceptors (Lipinski definition) is 4. The van der Waals surface area contributed by atoms with Crippen LogP contribution in [0.25, 0.3) is 0 Å². The molecule has 0 spiro atoms. The first-order valence-corrected chi connectivity index (χ1v) is 6.81. The van der Waals surface area contributed by atoms with Crippen LogP contribution in [0.15, 0.2) is 39.4 Å². The molecule has 0 aliphatic carbocycles. The average Bonchev–Trinajstić information content (AvgIpc) is 2.34. The first-order chi connectivity index (χ1) is 8.97. The fourth-order valence-corrected chi connectivity index (χ4v) is 2.27. The van der Waals surface area contributed by atoms with Gasteiger partial charge in [-0.05, 0) is 47.1 Å². The molecule has 0 bridgehead atoms. The molecule has 0 atom stereocenters.